The third-order valence-electron chi connectivity index (χ3n) is 4.54. The number of nitrogens with one attached hydrogen (secondary N) is 2. The van der Waals surface area contributed by atoms with Crippen molar-refractivity contribution in [2.24, 2.45) is 0 Å². The second-order valence-electron chi connectivity index (χ2n) is 6.35. The maximum absolute atomic E-state index is 12.2. The molecule has 0 spiro atoms. The van der Waals surface area contributed by atoms with Gasteiger partial charge >= 0.3 is 6.03 Å². The monoisotopic (exact) mass is 390 g/mol. The number of methoxy groups -OCH3 is 1. The molecule has 1 aliphatic heterocycles. The number of hydrogen-bond donors (Lipinski definition) is 2. The molecule has 1 atom stereocenters. The van der Waals surface area contributed by atoms with Gasteiger partial charge in [0.1, 0.15) is 5.75 Å². The summed E-state index contributed by atoms with van der Waals surface area (Å²) in [4.78, 5) is 19.8. The first-order valence-electron chi connectivity index (χ1n) is 9.04. The quantitative estimate of drug-likeness (QED) is 0.759. The van der Waals surface area contributed by atoms with Crippen LogP contribution in [0.25, 0.3) is 0 Å². The fourth-order valence-electron chi connectivity index (χ4n) is 3.08. The maximum Gasteiger partial charge on any atom is 0.315 e. The van der Waals surface area contributed by atoms with Gasteiger partial charge in [-0.15, -0.1) is 11.3 Å². The first kappa shape index (κ1) is 19.6. The highest BCUT2D eigenvalue weighted by Gasteiger charge is 2.23. The van der Waals surface area contributed by atoms with Crippen LogP contribution in [0.5, 0.6) is 5.75 Å². The lowest BCUT2D eigenvalue weighted by Gasteiger charge is -2.35. The van der Waals surface area contributed by atoms with E-state index in [0.717, 1.165) is 34.3 Å². The predicted octanol–water partition coefficient (Wildman–Crippen LogP) is 2.33. The molecule has 3 rings (SSSR count). The van der Waals surface area contributed by atoms with Crippen LogP contribution >= 0.6 is 11.3 Å². The average Bonchev–Trinajstić information content (AvgIpc) is 3.13. The molecule has 0 aliphatic carbocycles. The lowest BCUT2D eigenvalue weighted by molar-refractivity contribution is 0.0167. The van der Waals surface area contributed by atoms with Crippen molar-refractivity contribution in [1.29, 1.82) is 0 Å². The third-order valence-corrected chi connectivity index (χ3v) is 5.45. The Hall–Kier alpha value is -2.16. The van der Waals surface area contributed by atoms with Gasteiger partial charge in [-0.1, -0.05) is 12.1 Å². The van der Waals surface area contributed by atoms with Crippen LogP contribution in [0.4, 0.5) is 4.79 Å². The van der Waals surface area contributed by atoms with Crippen molar-refractivity contribution in [2.45, 2.75) is 19.5 Å². The van der Waals surface area contributed by atoms with E-state index >= 15 is 0 Å². The van der Waals surface area contributed by atoms with Crippen molar-refractivity contribution < 1.29 is 14.3 Å². The summed E-state index contributed by atoms with van der Waals surface area (Å²) >= 11 is 1.59. The van der Waals surface area contributed by atoms with E-state index in [2.05, 4.69) is 32.7 Å². The number of amides is 2. The fourth-order valence-corrected chi connectivity index (χ4v) is 3.81. The highest BCUT2D eigenvalue weighted by atomic mass is 32.1. The van der Waals surface area contributed by atoms with E-state index in [1.165, 1.54) is 0 Å². The molecule has 1 saturated heterocycles. The number of aromatic nitrogens is 1. The molecule has 2 amide bonds. The van der Waals surface area contributed by atoms with Crippen molar-refractivity contribution in [2.75, 3.05) is 40.0 Å². The maximum atomic E-state index is 12.2. The summed E-state index contributed by atoms with van der Waals surface area (Å²) in [6, 6.07) is 7.94. The molecule has 7 nitrogen and oxygen atoms in total. The molecule has 0 saturated carbocycles. The Morgan fingerprint density at radius 2 is 2.04 bits per heavy atom. The fraction of sp³-hybridized carbons (Fsp3) is 0.474. The molecule has 27 heavy (non-hydrogen) atoms. The first-order valence-corrected chi connectivity index (χ1v) is 9.86. The number of morpholine rings is 1. The summed E-state index contributed by atoms with van der Waals surface area (Å²) in [7, 11) is 1.66. The molecule has 2 aromatic rings. The van der Waals surface area contributed by atoms with Crippen molar-refractivity contribution in [3.05, 3.63) is 45.9 Å². The summed E-state index contributed by atoms with van der Waals surface area (Å²) in [6.07, 6.45) is 1.80. The number of ether oxygens (including phenoxy) is 2. The van der Waals surface area contributed by atoms with E-state index in [9.17, 15) is 4.79 Å². The van der Waals surface area contributed by atoms with E-state index in [1.807, 2.05) is 19.1 Å². The van der Waals surface area contributed by atoms with Crippen molar-refractivity contribution in [3.8, 4) is 5.75 Å². The van der Waals surface area contributed by atoms with Crippen LogP contribution in [-0.4, -0.2) is 55.9 Å². The molecule has 146 valence electrons. The molecule has 1 aromatic heterocycles. The summed E-state index contributed by atoms with van der Waals surface area (Å²) in [5, 5.41) is 6.90. The number of rotatable bonds is 7. The van der Waals surface area contributed by atoms with E-state index in [0.29, 0.717) is 26.3 Å². The van der Waals surface area contributed by atoms with Gasteiger partial charge in [0.05, 0.1) is 37.9 Å². The predicted molar refractivity (Wildman–Crippen MR) is 105 cm³/mol. The van der Waals surface area contributed by atoms with Crippen molar-refractivity contribution >= 4 is 17.4 Å². The zero-order valence-electron chi connectivity index (χ0n) is 15.7. The summed E-state index contributed by atoms with van der Waals surface area (Å²) in [6.45, 7) is 6.09. The number of urea groups is 1. The molecule has 8 heteroatoms. The Morgan fingerprint density at radius 1 is 1.30 bits per heavy atom. The van der Waals surface area contributed by atoms with Crippen LogP contribution in [0.2, 0.25) is 0 Å². The lowest BCUT2D eigenvalue weighted by Crippen LogP contribution is -2.45. The summed E-state index contributed by atoms with van der Waals surface area (Å²) in [5.74, 6) is 0.824. The zero-order chi connectivity index (χ0) is 19.1. The molecule has 0 bridgehead atoms. The molecule has 1 unspecified atom stereocenters. The van der Waals surface area contributed by atoms with Gasteiger partial charge in [0, 0.05) is 30.7 Å². The van der Waals surface area contributed by atoms with Gasteiger partial charge in [0.2, 0.25) is 0 Å². The SMILES string of the molecule is COc1ccc(C(CNC(=O)NCc2cnc(C)s2)N2CCOCC2)cc1. The standard InChI is InChI=1S/C19H26N4O3S/c1-14-20-11-17(27-14)12-21-19(24)22-13-18(23-7-9-26-10-8-23)15-3-5-16(25-2)6-4-15/h3-6,11,18H,7-10,12-13H2,1-2H3,(H2,21,22,24). The van der Waals surface area contributed by atoms with E-state index in [1.54, 1.807) is 24.6 Å². The normalized spacial score (nSPS) is 15.9. The topological polar surface area (TPSA) is 75.7 Å². The number of aryl methyl sites for hydroxylation is 1. The van der Waals surface area contributed by atoms with Gasteiger partial charge in [-0.25, -0.2) is 9.78 Å². The smallest absolute Gasteiger partial charge is 0.315 e. The number of carbonyl (C=O) groups excluding carboxylic acids is 1. The Labute approximate surface area is 163 Å². The largest absolute Gasteiger partial charge is 0.497 e. The molecular formula is C19H26N4O3S. The van der Waals surface area contributed by atoms with Crippen LogP contribution in [-0.2, 0) is 11.3 Å². The zero-order valence-corrected chi connectivity index (χ0v) is 16.6. The third kappa shape index (κ3) is 5.66. The van der Waals surface area contributed by atoms with Crippen LogP contribution in [0.15, 0.2) is 30.5 Å². The Morgan fingerprint density at radius 3 is 2.67 bits per heavy atom. The summed E-state index contributed by atoms with van der Waals surface area (Å²) < 4.78 is 10.7. The molecule has 0 radical (unpaired) electrons. The lowest BCUT2D eigenvalue weighted by atomic mass is 10.0. The van der Waals surface area contributed by atoms with E-state index < -0.39 is 0 Å². The van der Waals surface area contributed by atoms with Gasteiger partial charge in [0.25, 0.3) is 0 Å². The summed E-state index contributed by atoms with van der Waals surface area (Å²) in [5.41, 5.74) is 1.15. The molecule has 1 aliphatic rings. The molecule has 1 fully saturated rings. The van der Waals surface area contributed by atoms with Gasteiger partial charge in [-0.3, -0.25) is 4.90 Å². The second kappa shape index (κ2) is 9.68. The number of thiazole rings is 1. The van der Waals surface area contributed by atoms with Gasteiger partial charge in [-0.05, 0) is 24.6 Å². The van der Waals surface area contributed by atoms with Gasteiger partial charge < -0.3 is 20.1 Å². The minimum absolute atomic E-state index is 0.0937. The average molecular weight is 391 g/mol. The highest BCUT2D eigenvalue weighted by molar-refractivity contribution is 7.11. The van der Waals surface area contributed by atoms with E-state index in [4.69, 9.17) is 9.47 Å². The van der Waals surface area contributed by atoms with Crippen LogP contribution in [0.3, 0.4) is 0 Å². The Kier molecular flexibility index (Phi) is 7.03. The minimum atomic E-state index is -0.173. The molecule has 2 N–H and O–H groups in total. The van der Waals surface area contributed by atoms with E-state index in [-0.39, 0.29) is 12.1 Å². The van der Waals surface area contributed by atoms with Crippen LogP contribution in [0, 0.1) is 6.92 Å². The number of carbonyl (C=O) groups is 1. The minimum Gasteiger partial charge on any atom is -0.497 e. The van der Waals surface area contributed by atoms with Gasteiger partial charge in [0.15, 0.2) is 0 Å². The van der Waals surface area contributed by atoms with Crippen LogP contribution in [0.1, 0.15) is 21.5 Å². The number of nitrogens with zero attached hydrogens (tertiary/aromatic N) is 2. The number of benzene rings is 1. The molecule has 2 heterocycles. The van der Waals surface area contributed by atoms with Crippen molar-refractivity contribution in [3.63, 3.8) is 0 Å². The van der Waals surface area contributed by atoms with Crippen molar-refractivity contribution in [1.82, 2.24) is 20.5 Å². The Balaban J connectivity index is 1.59. The second-order valence-corrected chi connectivity index (χ2v) is 7.67. The molecular weight excluding hydrogens is 364 g/mol. The Bertz CT molecular complexity index is 729. The number of hydrogen-bond acceptors (Lipinski definition) is 6. The molecule has 1 aromatic carbocycles. The first-order chi connectivity index (χ1) is 13.2. The van der Waals surface area contributed by atoms with Crippen LogP contribution < -0.4 is 15.4 Å². The van der Waals surface area contributed by atoms with Gasteiger partial charge in [-0.2, -0.15) is 0 Å². The highest BCUT2D eigenvalue weighted by Crippen LogP contribution is 2.23.